The molecular formula is C40H64N2O6. The minimum Gasteiger partial charge on any atom is -0.390 e. The molecule has 0 bridgehead atoms. The van der Waals surface area contributed by atoms with E-state index in [1.807, 2.05) is 19.0 Å². The number of fused-ring (bicyclic) bond motifs is 4. The number of carbonyl (C=O) groups is 2. The summed E-state index contributed by atoms with van der Waals surface area (Å²) in [5, 5.41) is 12.5. The van der Waals surface area contributed by atoms with Crippen LogP contribution in [0.25, 0.3) is 0 Å². The number of nitrogens with zero attached hydrogens (tertiary/aromatic N) is 2. The largest absolute Gasteiger partial charge is 0.390 e. The van der Waals surface area contributed by atoms with Crippen molar-refractivity contribution >= 4 is 11.8 Å². The van der Waals surface area contributed by atoms with Crippen LogP contribution in [-0.2, 0) is 23.8 Å². The fraction of sp³-hybridized carbons (Fsp3) is 0.950. The van der Waals surface area contributed by atoms with Gasteiger partial charge >= 0.3 is 0 Å². The smallest absolute Gasteiger partial charge is 0.223 e. The zero-order valence-corrected chi connectivity index (χ0v) is 31.0. The maximum atomic E-state index is 12.9. The summed E-state index contributed by atoms with van der Waals surface area (Å²) in [6.45, 7) is 14.1. The van der Waals surface area contributed by atoms with Crippen LogP contribution in [0.1, 0.15) is 118 Å². The van der Waals surface area contributed by atoms with Crippen LogP contribution in [0.15, 0.2) is 0 Å². The Balaban J connectivity index is 0.981. The first-order chi connectivity index (χ1) is 22.7. The summed E-state index contributed by atoms with van der Waals surface area (Å²) in [5.41, 5.74) is 0.522. The first-order valence-electron chi connectivity index (χ1n) is 19.8. The molecule has 2 spiro atoms. The fourth-order valence-electron chi connectivity index (χ4n) is 14.1. The summed E-state index contributed by atoms with van der Waals surface area (Å²) in [6, 6.07) is 0. The van der Waals surface area contributed by atoms with Gasteiger partial charge in [-0.15, -0.1) is 0 Å². The standard InChI is InChI=1S/C40H64N2O6/c1-24-20-26(10-13-30(43)41(6)7)47-34-33(24)37(4)16-17-40-23-39(40)15-14-29(36(2,3)27(39)11-12-28(40)38(37,5)35(34)45)48-32-22-42(18-19-46-32)31(44)21-25-8-9-25/h24-29,32-35,45H,8-23H2,1-7H3/t24-,26?,27+,28?,29+,32+,33+,34?,35+,37-,38-,39-,40+/m1/s1. The van der Waals surface area contributed by atoms with E-state index >= 15 is 0 Å². The van der Waals surface area contributed by atoms with Gasteiger partial charge in [0.25, 0.3) is 0 Å². The Labute approximate surface area is 289 Å². The number of ether oxygens (including phenoxy) is 3. The lowest BCUT2D eigenvalue weighted by atomic mass is 9.41. The number of carbonyl (C=O) groups excluding carboxylic acids is 2. The summed E-state index contributed by atoms with van der Waals surface area (Å²) >= 11 is 0. The first kappa shape index (κ1) is 33.9. The van der Waals surface area contributed by atoms with E-state index < -0.39 is 6.10 Å². The Morgan fingerprint density at radius 2 is 1.71 bits per heavy atom. The van der Waals surface area contributed by atoms with E-state index in [1.54, 1.807) is 4.90 Å². The highest BCUT2D eigenvalue weighted by molar-refractivity contribution is 5.77. The van der Waals surface area contributed by atoms with Gasteiger partial charge in [0, 0.05) is 38.9 Å². The number of hydrogen-bond donors (Lipinski definition) is 1. The maximum Gasteiger partial charge on any atom is 0.223 e. The van der Waals surface area contributed by atoms with Gasteiger partial charge in [-0.1, -0.05) is 34.6 Å². The fourth-order valence-corrected chi connectivity index (χ4v) is 14.1. The zero-order valence-electron chi connectivity index (χ0n) is 31.0. The molecule has 3 unspecified atom stereocenters. The monoisotopic (exact) mass is 668 g/mol. The predicted molar refractivity (Wildman–Crippen MR) is 183 cm³/mol. The van der Waals surface area contributed by atoms with Crippen molar-refractivity contribution in [2.24, 2.45) is 56.7 Å². The quantitative estimate of drug-likeness (QED) is 0.356. The maximum absolute atomic E-state index is 12.9. The van der Waals surface area contributed by atoms with Gasteiger partial charge in [0.2, 0.25) is 11.8 Å². The summed E-state index contributed by atoms with van der Waals surface area (Å²) in [6.07, 6.45) is 12.9. The molecule has 2 amide bonds. The van der Waals surface area contributed by atoms with Crippen LogP contribution in [0, 0.1) is 56.7 Å². The molecule has 0 aromatic carbocycles. The van der Waals surface area contributed by atoms with E-state index in [1.165, 1.54) is 51.4 Å². The minimum atomic E-state index is -0.472. The third-order valence-electron chi connectivity index (χ3n) is 16.9. The van der Waals surface area contributed by atoms with E-state index in [0.29, 0.717) is 73.0 Å². The van der Waals surface area contributed by atoms with Crippen LogP contribution in [0.5, 0.6) is 0 Å². The molecule has 6 aliphatic carbocycles. The normalized spacial score (nSPS) is 50.3. The molecule has 270 valence electrons. The first-order valence-corrected chi connectivity index (χ1v) is 19.8. The summed E-state index contributed by atoms with van der Waals surface area (Å²) in [5.74, 6) is 2.95. The second-order valence-corrected chi connectivity index (χ2v) is 19.4. The molecule has 6 saturated carbocycles. The number of rotatable bonds is 7. The van der Waals surface area contributed by atoms with Gasteiger partial charge in [0.1, 0.15) is 0 Å². The van der Waals surface area contributed by atoms with Gasteiger partial charge in [0.15, 0.2) is 6.29 Å². The van der Waals surface area contributed by atoms with E-state index in [-0.39, 0.29) is 52.7 Å². The highest BCUT2D eigenvalue weighted by Crippen LogP contribution is 2.89. The SMILES string of the molecule is C[C@@H]1CC(CCC(=O)N(C)C)OC2[C@H]1[C@@]1(C)CC[C@@]34C[C@@]35CC[C@H](O[C@H]3CN(C(=O)CC6CC6)CCO3)C(C)(C)[C@@H]5CCC4[C@]1(C)[C@H]2O. The second-order valence-electron chi connectivity index (χ2n) is 19.4. The van der Waals surface area contributed by atoms with Crippen molar-refractivity contribution < 1.29 is 28.9 Å². The van der Waals surface area contributed by atoms with E-state index in [0.717, 1.165) is 19.3 Å². The number of aliphatic hydroxyl groups is 1. The molecule has 1 N–H and O–H groups in total. The molecular weight excluding hydrogens is 604 g/mol. The van der Waals surface area contributed by atoms with Gasteiger partial charge in [-0.05, 0) is 122 Å². The summed E-state index contributed by atoms with van der Waals surface area (Å²) in [7, 11) is 3.65. The Kier molecular flexibility index (Phi) is 8.04. The molecule has 2 heterocycles. The molecule has 2 aliphatic heterocycles. The van der Waals surface area contributed by atoms with Gasteiger partial charge in [-0.3, -0.25) is 9.59 Å². The molecule has 2 saturated heterocycles. The summed E-state index contributed by atoms with van der Waals surface area (Å²) in [4.78, 5) is 29.0. The average molecular weight is 669 g/mol. The predicted octanol–water partition coefficient (Wildman–Crippen LogP) is 6.04. The number of morpholine rings is 1. The van der Waals surface area contributed by atoms with E-state index in [2.05, 4.69) is 34.6 Å². The van der Waals surface area contributed by atoms with Crippen molar-refractivity contribution in [3.8, 4) is 0 Å². The minimum absolute atomic E-state index is 0.0230. The average Bonchev–Trinajstić information content (AvgIpc) is 3.96. The molecule has 48 heavy (non-hydrogen) atoms. The number of hydrogen-bond acceptors (Lipinski definition) is 6. The van der Waals surface area contributed by atoms with Crippen LogP contribution in [0.3, 0.4) is 0 Å². The van der Waals surface area contributed by atoms with Crippen LogP contribution in [0.2, 0.25) is 0 Å². The van der Waals surface area contributed by atoms with E-state index in [9.17, 15) is 14.7 Å². The lowest BCUT2D eigenvalue weighted by Crippen LogP contribution is -2.60. The van der Waals surface area contributed by atoms with Gasteiger partial charge < -0.3 is 29.1 Å². The van der Waals surface area contributed by atoms with Crippen LogP contribution in [0.4, 0.5) is 0 Å². The van der Waals surface area contributed by atoms with Crippen molar-refractivity contribution in [3.63, 3.8) is 0 Å². The molecule has 13 atom stereocenters. The summed E-state index contributed by atoms with van der Waals surface area (Å²) < 4.78 is 19.9. The molecule has 0 aromatic heterocycles. The van der Waals surface area contributed by atoms with Crippen molar-refractivity contribution in [1.82, 2.24) is 9.80 Å². The topological polar surface area (TPSA) is 88.5 Å². The number of aliphatic hydroxyl groups excluding tert-OH is 1. The lowest BCUT2D eigenvalue weighted by Gasteiger charge is -2.64. The molecule has 8 heteroatoms. The molecule has 8 fully saturated rings. The lowest BCUT2D eigenvalue weighted by molar-refractivity contribution is -0.248. The molecule has 8 nitrogen and oxygen atoms in total. The van der Waals surface area contributed by atoms with E-state index in [4.69, 9.17) is 14.2 Å². The highest BCUT2D eigenvalue weighted by Gasteiger charge is 2.84. The Bertz CT molecular complexity index is 1300. The van der Waals surface area contributed by atoms with Gasteiger partial charge in [-0.2, -0.15) is 0 Å². The molecule has 8 rings (SSSR count). The van der Waals surface area contributed by atoms with Crippen LogP contribution in [-0.4, -0.2) is 91.2 Å². The molecule has 0 radical (unpaired) electrons. The Hall–Kier alpha value is -1.22. The zero-order chi connectivity index (χ0) is 34.0. The van der Waals surface area contributed by atoms with Crippen molar-refractivity contribution in [2.45, 2.75) is 149 Å². The van der Waals surface area contributed by atoms with Crippen LogP contribution < -0.4 is 0 Å². The third-order valence-corrected chi connectivity index (χ3v) is 16.9. The highest BCUT2D eigenvalue weighted by atomic mass is 16.7. The third kappa shape index (κ3) is 4.72. The van der Waals surface area contributed by atoms with Crippen molar-refractivity contribution in [1.29, 1.82) is 0 Å². The molecule has 0 aromatic rings. The second kappa shape index (κ2) is 11.4. The van der Waals surface area contributed by atoms with Gasteiger partial charge in [0.05, 0.1) is 37.6 Å². The number of amides is 2. The van der Waals surface area contributed by atoms with Crippen molar-refractivity contribution in [3.05, 3.63) is 0 Å². The molecule has 8 aliphatic rings. The van der Waals surface area contributed by atoms with Crippen LogP contribution >= 0.6 is 0 Å². The van der Waals surface area contributed by atoms with Gasteiger partial charge in [-0.25, -0.2) is 0 Å². The van der Waals surface area contributed by atoms with Crippen molar-refractivity contribution in [2.75, 3.05) is 33.8 Å². The Morgan fingerprint density at radius 3 is 2.44 bits per heavy atom. The Morgan fingerprint density at radius 1 is 0.979 bits per heavy atom.